The number of amides is 5. The molecule has 4 aliphatic heterocycles. The molecule has 0 aliphatic carbocycles. The first-order chi connectivity index (χ1) is 39.6. The van der Waals surface area contributed by atoms with Crippen LogP contribution in [0.25, 0.3) is 16.5 Å². The molecule has 2 saturated heterocycles. The van der Waals surface area contributed by atoms with Crippen LogP contribution in [0, 0.1) is 12.8 Å². The highest BCUT2D eigenvalue weighted by Crippen LogP contribution is 2.43. The van der Waals surface area contributed by atoms with E-state index in [1.54, 1.807) is 49.6 Å². The standard InChI is InChI=1S/C57H75F2N15O8/c1-34-30-65-56(67-52(34)66-39-24-37-26-47(82-33-48(75)62-3)55(78)69(5)50(37)46(27-39)80-6)71-17-9-35(10-18-71)54(77)64-15-23-81-22-14-49(76)70-19-11-40(12-20-70)74-44-13-21-72(57(79)63-4)32-43(44)53(68-74)73-16-7-8-36-25-41(38(29-60)31-61-2)42(51(58)59)28-45(36)73/h24-28,30-31,35,40,51,61H,7-23,29,32-33,60H2,1-6H3,(H,62,75)(H,63,79)(H,64,77)(H,65,66,67)/p+1/b38-31+. The third-order valence-electron chi connectivity index (χ3n) is 16.0. The first-order valence-corrected chi connectivity index (χ1v) is 28.2. The Bertz CT molecular complexity index is 3260. The average molecular weight is 1140 g/mol. The summed E-state index contributed by atoms with van der Waals surface area (Å²) in [6.07, 6.45) is 5.68. The number of fused-ring (bicyclic) bond motifs is 3. The predicted molar refractivity (Wildman–Crippen MR) is 306 cm³/mol. The minimum absolute atomic E-state index is 0.00270. The van der Waals surface area contributed by atoms with E-state index < -0.39 is 12.0 Å². The van der Waals surface area contributed by atoms with Gasteiger partial charge in [0.2, 0.25) is 17.8 Å². The fourth-order valence-electron chi connectivity index (χ4n) is 11.6. The Morgan fingerprint density at radius 3 is 2.43 bits per heavy atom. The zero-order valence-electron chi connectivity index (χ0n) is 47.6. The molecule has 3 aromatic heterocycles. The molecule has 2 aromatic carbocycles. The van der Waals surface area contributed by atoms with Crippen molar-refractivity contribution in [2.75, 3.05) is 116 Å². The Morgan fingerprint density at radius 2 is 1.72 bits per heavy atom. The Labute approximate surface area is 474 Å². The molecular formula is C57H76F2N15O8+. The zero-order chi connectivity index (χ0) is 58.2. The number of hydrogen-bond acceptors (Lipinski definition) is 15. The molecule has 8 N–H and O–H groups in total. The summed E-state index contributed by atoms with van der Waals surface area (Å²) in [5.74, 6) is 1.62. The number of nitrogens with zero attached hydrogens (tertiary/aromatic N) is 9. The Hall–Kier alpha value is -7.90. The van der Waals surface area contributed by atoms with Crippen molar-refractivity contribution in [3.8, 4) is 11.5 Å². The quantitative estimate of drug-likeness (QED) is 0.0609. The second-order valence-corrected chi connectivity index (χ2v) is 21.1. The number of piperidine rings is 2. The molecule has 2 fully saturated rings. The van der Waals surface area contributed by atoms with Crippen molar-refractivity contribution in [1.82, 2.24) is 50.1 Å². The number of halogens is 2. The minimum Gasteiger partial charge on any atom is -0.494 e. The second-order valence-electron chi connectivity index (χ2n) is 21.1. The van der Waals surface area contributed by atoms with E-state index in [-0.39, 0.29) is 79.8 Å². The molecule has 25 heteroatoms. The van der Waals surface area contributed by atoms with Crippen LogP contribution in [-0.4, -0.2) is 158 Å². The number of rotatable bonds is 20. The highest BCUT2D eigenvalue weighted by atomic mass is 19.3. The number of likely N-dealkylation sites (tertiary alicyclic amines) is 1. The lowest BCUT2D eigenvalue weighted by molar-refractivity contribution is -0.555. The van der Waals surface area contributed by atoms with Crippen molar-refractivity contribution in [1.29, 1.82) is 0 Å². The van der Waals surface area contributed by atoms with E-state index in [0.717, 1.165) is 35.2 Å². The number of benzene rings is 2. The van der Waals surface area contributed by atoms with E-state index in [4.69, 9.17) is 30.0 Å². The number of urea groups is 1. The monoisotopic (exact) mass is 1140 g/mol. The molecule has 9 rings (SSSR count). The van der Waals surface area contributed by atoms with Gasteiger partial charge < -0.3 is 70.7 Å². The van der Waals surface area contributed by atoms with Crippen molar-refractivity contribution >= 4 is 69.2 Å². The molecule has 82 heavy (non-hydrogen) atoms. The number of quaternary nitrogens is 1. The van der Waals surface area contributed by atoms with E-state index in [2.05, 4.69) is 35.8 Å². The SMILES string of the molecule is CNC(=O)COc1cc2cc(Nc3nc(N4CCC(C(=O)NCCOCCC(=O)N5CCC(n6nc(N7CCCc8cc(/C(=C/[NH2+]C)CN)c(C(F)F)cc87)c7c6CCN(C(=O)NC)C7)CC5)CC4)ncc3C)cc(OC)c2n(C)c1=O. The van der Waals surface area contributed by atoms with Gasteiger partial charge in [-0.3, -0.25) is 23.9 Å². The minimum atomic E-state index is -2.72. The lowest BCUT2D eigenvalue weighted by Crippen LogP contribution is -2.73. The maximum atomic E-state index is 14.8. The normalized spacial score (nSPS) is 16.0. The number of hydrogen-bond donors (Lipinski definition) is 6. The predicted octanol–water partition coefficient (Wildman–Crippen LogP) is 3.53. The van der Waals surface area contributed by atoms with Crippen LogP contribution >= 0.6 is 0 Å². The van der Waals surface area contributed by atoms with E-state index >= 15 is 0 Å². The number of nitrogens with one attached hydrogen (secondary N) is 4. The zero-order valence-corrected chi connectivity index (χ0v) is 47.6. The molecule has 5 aromatic rings. The van der Waals surface area contributed by atoms with Gasteiger partial charge in [-0.2, -0.15) is 10.1 Å². The van der Waals surface area contributed by atoms with Crippen molar-refractivity contribution in [3.63, 3.8) is 0 Å². The molecule has 4 aliphatic rings. The van der Waals surface area contributed by atoms with Crippen LogP contribution in [0.15, 0.2) is 47.5 Å². The summed E-state index contributed by atoms with van der Waals surface area (Å²) in [6.45, 7) is 6.15. The fourth-order valence-corrected chi connectivity index (χ4v) is 11.6. The molecule has 0 bridgehead atoms. The van der Waals surface area contributed by atoms with E-state index in [1.807, 2.05) is 41.2 Å². The number of ether oxygens (including phenoxy) is 3. The molecule has 0 spiro atoms. The molecule has 0 radical (unpaired) electrons. The van der Waals surface area contributed by atoms with Gasteiger partial charge in [-0.25, -0.2) is 18.6 Å². The van der Waals surface area contributed by atoms with Gasteiger partial charge in [-0.05, 0) is 80.8 Å². The van der Waals surface area contributed by atoms with E-state index in [1.165, 1.54) is 18.7 Å². The molecule has 0 atom stereocenters. The summed E-state index contributed by atoms with van der Waals surface area (Å²) in [7, 11) is 8.07. The largest absolute Gasteiger partial charge is 0.494 e. The number of alkyl halides is 2. The summed E-state index contributed by atoms with van der Waals surface area (Å²) in [5, 5.41) is 19.3. The van der Waals surface area contributed by atoms with Gasteiger partial charge in [0.1, 0.15) is 11.6 Å². The second kappa shape index (κ2) is 26.3. The molecular weight excluding hydrogens is 1060 g/mol. The third-order valence-corrected chi connectivity index (χ3v) is 16.0. The van der Waals surface area contributed by atoms with Crippen LogP contribution < -0.4 is 57.2 Å². The third kappa shape index (κ3) is 12.7. The number of pyridine rings is 1. The van der Waals surface area contributed by atoms with Crippen molar-refractivity contribution in [2.24, 2.45) is 18.7 Å². The lowest BCUT2D eigenvalue weighted by atomic mass is 9.91. The molecule has 0 saturated carbocycles. The van der Waals surface area contributed by atoms with Crippen LogP contribution in [-0.2, 0) is 45.6 Å². The van der Waals surface area contributed by atoms with Gasteiger partial charge >= 0.3 is 6.03 Å². The summed E-state index contributed by atoms with van der Waals surface area (Å²) >= 11 is 0. The summed E-state index contributed by atoms with van der Waals surface area (Å²) < 4.78 is 50.2. The Kier molecular flexibility index (Phi) is 18.9. The Morgan fingerprint density at radius 1 is 0.939 bits per heavy atom. The summed E-state index contributed by atoms with van der Waals surface area (Å²) in [4.78, 5) is 81.8. The number of carbonyl (C=O) groups excluding carboxylic acids is 4. The molecule has 7 heterocycles. The van der Waals surface area contributed by atoms with Crippen molar-refractivity contribution in [3.05, 3.63) is 86.6 Å². The fraction of sp³-hybridized carbons (Fsp3) is 0.509. The maximum Gasteiger partial charge on any atom is 0.317 e. The van der Waals surface area contributed by atoms with Gasteiger partial charge in [0.25, 0.3) is 17.9 Å². The van der Waals surface area contributed by atoms with Gasteiger partial charge in [0.15, 0.2) is 18.2 Å². The van der Waals surface area contributed by atoms with Gasteiger partial charge in [0, 0.05) is 143 Å². The number of anilines is 5. The molecule has 5 amide bonds. The maximum absolute atomic E-state index is 14.8. The number of methoxy groups -OCH3 is 1. The first-order valence-electron chi connectivity index (χ1n) is 28.2. The highest BCUT2D eigenvalue weighted by Gasteiger charge is 2.36. The topological polar surface area (TPSA) is 265 Å². The smallest absolute Gasteiger partial charge is 0.317 e. The number of aromatic nitrogens is 5. The van der Waals surface area contributed by atoms with Crippen LogP contribution in [0.1, 0.15) is 84.5 Å². The highest BCUT2D eigenvalue weighted by molar-refractivity contribution is 5.91. The first kappa shape index (κ1) is 58.7. The van der Waals surface area contributed by atoms with E-state index in [0.29, 0.717) is 141 Å². The summed E-state index contributed by atoms with van der Waals surface area (Å²) in [6, 6.07) is 8.47. The van der Waals surface area contributed by atoms with E-state index in [9.17, 15) is 32.8 Å². The van der Waals surface area contributed by atoms with Crippen molar-refractivity contribution in [2.45, 2.75) is 77.3 Å². The molecule has 440 valence electrons. The number of nitrogens with two attached hydrogens (primary N) is 2. The van der Waals surface area contributed by atoms with Gasteiger partial charge in [-0.15, -0.1) is 0 Å². The number of aryl methyl sites for hydroxylation is 3. The number of likely N-dealkylation sites (N-methyl/N-ethyl adjacent to an activating group) is 1. The van der Waals surface area contributed by atoms with Crippen LogP contribution in [0.3, 0.4) is 0 Å². The lowest BCUT2D eigenvalue weighted by Gasteiger charge is -2.34. The Balaban J connectivity index is 0.741. The molecule has 0 unspecified atom stereocenters. The van der Waals surface area contributed by atoms with Gasteiger partial charge in [-0.1, -0.05) is 0 Å². The number of carbonyl (C=O) groups is 4. The van der Waals surface area contributed by atoms with Crippen LogP contribution in [0.2, 0.25) is 0 Å². The molecule has 23 nitrogen and oxygen atoms in total. The van der Waals surface area contributed by atoms with Crippen LogP contribution in [0.5, 0.6) is 11.5 Å². The van der Waals surface area contributed by atoms with Crippen molar-refractivity contribution < 1.29 is 47.5 Å². The summed E-state index contributed by atoms with van der Waals surface area (Å²) in [5.41, 5.74) is 12.2. The average Bonchev–Trinajstić information content (AvgIpc) is 3.19. The van der Waals surface area contributed by atoms with Gasteiger partial charge in [0.05, 0.1) is 58.1 Å². The van der Waals surface area contributed by atoms with Crippen LogP contribution in [0.4, 0.5) is 42.5 Å².